The van der Waals surface area contributed by atoms with Crippen molar-refractivity contribution < 1.29 is 9.59 Å². The molecule has 0 atom stereocenters. The zero-order chi connectivity index (χ0) is 18.7. The fraction of sp³-hybridized carbons (Fsp3) is 0.667. The second-order valence-electron chi connectivity index (χ2n) is 7.01. The van der Waals surface area contributed by atoms with Crippen LogP contribution in [0.4, 0.5) is 0 Å². The van der Waals surface area contributed by atoms with E-state index in [-0.39, 0.29) is 23.7 Å². The lowest BCUT2D eigenvalue weighted by Crippen LogP contribution is -2.43. The summed E-state index contributed by atoms with van der Waals surface area (Å²) in [4.78, 5) is 37.7. The number of carbonyl (C=O) groups is 2. The lowest BCUT2D eigenvalue weighted by molar-refractivity contribution is -0.134. The van der Waals surface area contributed by atoms with Crippen LogP contribution < -0.4 is 0 Å². The van der Waals surface area contributed by atoms with Gasteiger partial charge in [0, 0.05) is 39.0 Å². The van der Waals surface area contributed by atoms with E-state index >= 15 is 0 Å². The fourth-order valence-corrected chi connectivity index (χ4v) is 3.70. The molecule has 1 fully saturated rings. The van der Waals surface area contributed by atoms with E-state index in [1.54, 1.807) is 19.0 Å². The van der Waals surface area contributed by atoms with Gasteiger partial charge in [0.05, 0.1) is 11.3 Å². The highest BCUT2D eigenvalue weighted by atomic mass is 32.2. The number of nitrogens with zero attached hydrogens (tertiary/aromatic N) is 4. The van der Waals surface area contributed by atoms with Gasteiger partial charge >= 0.3 is 0 Å². The van der Waals surface area contributed by atoms with E-state index in [4.69, 9.17) is 0 Å². The summed E-state index contributed by atoms with van der Waals surface area (Å²) in [6.07, 6.45) is 3.35. The highest BCUT2D eigenvalue weighted by molar-refractivity contribution is 7.98. The van der Waals surface area contributed by atoms with Gasteiger partial charge < -0.3 is 9.80 Å². The molecule has 1 aliphatic heterocycles. The molecule has 7 heteroatoms. The SMILES string of the molecule is CSc1nc(C(C)C)nc(C)c1C(=O)N1CCC(C(=O)N(C)C)CC1. The number of thioether (sulfide) groups is 1. The molecule has 0 spiro atoms. The molecule has 2 heterocycles. The predicted octanol–water partition coefficient (Wildman–Crippen LogP) is 2.57. The first-order valence-corrected chi connectivity index (χ1v) is 9.91. The maximum absolute atomic E-state index is 13.0. The molecule has 1 aromatic rings. The Morgan fingerprint density at radius 1 is 1.20 bits per heavy atom. The van der Waals surface area contributed by atoms with Crippen molar-refractivity contribution in [2.75, 3.05) is 33.4 Å². The summed E-state index contributed by atoms with van der Waals surface area (Å²) in [5.41, 5.74) is 1.34. The van der Waals surface area contributed by atoms with Gasteiger partial charge in [-0.25, -0.2) is 9.97 Å². The molecule has 6 nitrogen and oxygen atoms in total. The van der Waals surface area contributed by atoms with Crippen LogP contribution >= 0.6 is 11.8 Å². The van der Waals surface area contributed by atoms with Gasteiger partial charge in [-0.1, -0.05) is 13.8 Å². The Morgan fingerprint density at radius 2 is 1.80 bits per heavy atom. The number of aryl methyl sites for hydroxylation is 1. The van der Waals surface area contributed by atoms with Crippen molar-refractivity contribution in [3.05, 3.63) is 17.1 Å². The van der Waals surface area contributed by atoms with Crippen LogP contribution in [0.2, 0.25) is 0 Å². The third-order valence-electron chi connectivity index (χ3n) is 4.57. The zero-order valence-electron chi connectivity index (χ0n) is 16.0. The average Bonchev–Trinajstić information content (AvgIpc) is 2.59. The largest absolute Gasteiger partial charge is 0.349 e. The van der Waals surface area contributed by atoms with Gasteiger partial charge in [-0.15, -0.1) is 11.8 Å². The van der Waals surface area contributed by atoms with Crippen molar-refractivity contribution in [1.82, 2.24) is 19.8 Å². The Kier molecular flexibility index (Phi) is 6.43. The lowest BCUT2D eigenvalue weighted by atomic mass is 9.95. The monoisotopic (exact) mass is 364 g/mol. The number of likely N-dealkylation sites (tertiary alicyclic amines) is 1. The zero-order valence-corrected chi connectivity index (χ0v) is 16.8. The van der Waals surface area contributed by atoms with E-state index in [2.05, 4.69) is 9.97 Å². The van der Waals surface area contributed by atoms with Crippen LogP contribution in [0.3, 0.4) is 0 Å². The molecule has 1 aromatic heterocycles. The predicted molar refractivity (Wildman–Crippen MR) is 100.0 cm³/mol. The second-order valence-corrected chi connectivity index (χ2v) is 7.80. The summed E-state index contributed by atoms with van der Waals surface area (Å²) in [7, 11) is 3.56. The third kappa shape index (κ3) is 4.32. The highest BCUT2D eigenvalue weighted by Crippen LogP contribution is 2.27. The number of aromatic nitrogens is 2. The van der Waals surface area contributed by atoms with Crippen molar-refractivity contribution >= 4 is 23.6 Å². The van der Waals surface area contributed by atoms with E-state index in [0.29, 0.717) is 31.5 Å². The first kappa shape index (κ1) is 19.7. The molecule has 0 radical (unpaired) electrons. The van der Waals surface area contributed by atoms with Gasteiger partial charge in [0.15, 0.2) is 0 Å². The molecular formula is C18H28N4O2S. The van der Waals surface area contributed by atoms with Gasteiger partial charge in [-0.3, -0.25) is 9.59 Å². The number of hydrogen-bond acceptors (Lipinski definition) is 5. The minimum absolute atomic E-state index is 0.0136. The van der Waals surface area contributed by atoms with Crippen LogP contribution in [0, 0.1) is 12.8 Å². The van der Waals surface area contributed by atoms with E-state index in [9.17, 15) is 9.59 Å². The van der Waals surface area contributed by atoms with Gasteiger partial charge in [0.1, 0.15) is 10.9 Å². The minimum Gasteiger partial charge on any atom is -0.349 e. The standard InChI is InChI=1S/C18H28N4O2S/c1-11(2)15-19-12(3)14(16(20-15)25-6)18(24)22-9-7-13(8-10-22)17(23)21(4)5/h11,13H,7-10H2,1-6H3. The maximum atomic E-state index is 13.0. The van der Waals surface area contributed by atoms with Crippen molar-refractivity contribution in [2.45, 2.75) is 44.6 Å². The quantitative estimate of drug-likeness (QED) is 0.607. The number of piperidine rings is 1. The maximum Gasteiger partial charge on any atom is 0.258 e. The fourth-order valence-electron chi connectivity index (χ4n) is 3.07. The molecular weight excluding hydrogens is 336 g/mol. The molecule has 2 amide bonds. The van der Waals surface area contributed by atoms with Crippen molar-refractivity contribution in [3.63, 3.8) is 0 Å². The molecule has 138 valence electrons. The number of rotatable bonds is 4. The minimum atomic E-state index is -0.0205. The Morgan fingerprint density at radius 3 is 2.28 bits per heavy atom. The Balaban J connectivity index is 2.18. The van der Waals surface area contributed by atoms with E-state index in [1.165, 1.54) is 11.8 Å². The lowest BCUT2D eigenvalue weighted by Gasteiger charge is -2.33. The summed E-state index contributed by atoms with van der Waals surface area (Å²) in [5, 5.41) is 0.743. The number of amides is 2. The second kappa shape index (κ2) is 8.17. The molecule has 1 saturated heterocycles. The molecule has 0 aromatic carbocycles. The van der Waals surface area contributed by atoms with Gasteiger partial charge in [-0.05, 0) is 26.0 Å². The summed E-state index contributed by atoms with van der Waals surface area (Å²) in [6, 6.07) is 0. The number of carbonyl (C=O) groups excluding carboxylic acids is 2. The van der Waals surface area contributed by atoms with Crippen LogP contribution in [0.1, 0.15) is 54.5 Å². The van der Waals surface area contributed by atoms with Gasteiger partial charge in [0.25, 0.3) is 5.91 Å². The molecule has 0 saturated carbocycles. The normalized spacial score (nSPS) is 15.6. The Bertz CT molecular complexity index is 653. The molecule has 0 aliphatic carbocycles. The number of hydrogen-bond donors (Lipinski definition) is 0. The van der Waals surface area contributed by atoms with E-state index < -0.39 is 0 Å². The molecule has 25 heavy (non-hydrogen) atoms. The van der Waals surface area contributed by atoms with Gasteiger partial charge in [-0.2, -0.15) is 0 Å². The average molecular weight is 365 g/mol. The molecule has 0 bridgehead atoms. The third-order valence-corrected chi connectivity index (χ3v) is 5.25. The summed E-state index contributed by atoms with van der Waals surface area (Å²) in [5.74, 6) is 1.14. The van der Waals surface area contributed by atoms with Crippen molar-refractivity contribution in [3.8, 4) is 0 Å². The smallest absolute Gasteiger partial charge is 0.258 e. The Hall–Kier alpha value is -1.63. The van der Waals surface area contributed by atoms with Crippen LogP contribution in [0.5, 0.6) is 0 Å². The van der Waals surface area contributed by atoms with Crippen LogP contribution in [-0.4, -0.2) is 65.0 Å². The first-order valence-electron chi connectivity index (χ1n) is 8.69. The van der Waals surface area contributed by atoms with Crippen LogP contribution in [0.15, 0.2) is 5.03 Å². The first-order chi connectivity index (χ1) is 11.8. The molecule has 1 aliphatic rings. The summed E-state index contributed by atoms with van der Waals surface area (Å²) < 4.78 is 0. The molecule has 2 rings (SSSR count). The van der Waals surface area contributed by atoms with Crippen molar-refractivity contribution in [1.29, 1.82) is 0 Å². The summed E-state index contributed by atoms with van der Waals surface area (Å²) in [6.45, 7) is 7.17. The molecule has 0 N–H and O–H groups in total. The molecule has 0 unspecified atom stereocenters. The van der Waals surface area contributed by atoms with Crippen LogP contribution in [0.25, 0.3) is 0 Å². The highest BCUT2D eigenvalue weighted by Gasteiger charge is 2.30. The van der Waals surface area contributed by atoms with E-state index in [0.717, 1.165) is 16.5 Å². The van der Waals surface area contributed by atoms with Gasteiger partial charge in [0.2, 0.25) is 5.91 Å². The van der Waals surface area contributed by atoms with Crippen molar-refractivity contribution in [2.24, 2.45) is 5.92 Å². The topological polar surface area (TPSA) is 66.4 Å². The van der Waals surface area contributed by atoms with Crippen LogP contribution in [-0.2, 0) is 4.79 Å². The summed E-state index contributed by atoms with van der Waals surface area (Å²) >= 11 is 1.48. The van der Waals surface area contributed by atoms with E-state index in [1.807, 2.05) is 31.9 Å². The Labute approximate surface area is 154 Å².